The van der Waals surface area contributed by atoms with Crippen LogP contribution in [0.25, 0.3) is 0 Å². The number of amides is 1. The van der Waals surface area contributed by atoms with Crippen LogP contribution in [0.15, 0.2) is 36.7 Å². The molecule has 1 saturated carbocycles. The van der Waals surface area contributed by atoms with Gasteiger partial charge in [-0.05, 0) is 44.7 Å². The summed E-state index contributed by atoms with van der Waals surface area (Å²) in [5.41, 5.74) is 1.00. The molecule has 0 saturated heterocycles. The summed E-state index contributed by atoms with van der Waals surface area (Å²) < 4.78 is 1.37. The molecule has 3 rings (SSSR count). The Morgan fingerprint density at radius 3 is 2.48 bits per heavy atom. The van der Waals surface area contributed by atoms with E-state index in [1.54, 1.807) is 20.0 Å². The minimum atomic E-state index is -1.18. The average Bonchev–Trinajstić information content (AvgIpc) is 3.12. The van der Waals surface area contributed by atoms with Crippen molar-refractivity contribution in [3.05, 3.63) is 47.8 Å². The highest BCUT2D eigenvalue weighted by atomic mass is 16.4. The first-order valence-corrected chi connectivity index (χ1v) is 9.43. The summed E-state index contributed by atoms with van der Waals surface area (Å²) in [6, 6.07) is 8.08. The van der Waals surface area contributed by atoms with Crippen molar-refractivity contribution in [3.8, 4) is 0 Å². The summed E-state index contributed by atoms with van der Waals surface area (Å²) in [6.07, 6.45) is 7.92. The van der Waals surface area contributed by atoms with Gasteiger partial charge in [0.1, 0.15) is 0 Å². The molecule has 0 spiro atoms. The highest BCUT2D eigenvalue weighted by Crippen LogP contribution is 2.41. The van der Waals surface area contributed by atoms with Crippen molar-refractivity contribution in [3.63, 3.8) is 0 Å². The molecular formula is C21H27N3O3. The predicted octanol–water partition coefficient (Wildman–Crippen LogP) is 3.85. The van der Waals surface area contributed by atoms with E-state index in [0.29, 0.717) is 5.69 Å². The van der Waals surface area contributed by atoms with Crippen LogP contribution >= 0.6 is 0 Å². The Bertz CT molecular complexity index is 848. The Labute approximate surface area is 159 Å². The molecule has 1 aliphatic carbocycles. The summed E-state index contributed by atoms with van der Waals surface area (Å²) in [7, 11) is 0. The standard InChI is InChI=1S/C21H27N3O3/c1-15-9-5-6-10-17(15)21(11-7-4-8-12-21)18(25)23-16-13-22-24(14-16)20(2,3)19(26)27/h5-6,9-10,13-14H,4,7-8,11-12H2,1-3H3,(H,23,25)(H,26,27). The SMILES string of the molecule is Cc1ccccc1C1(C(=O)Nc2cnn(C(C)(C)C(=O)O)c2)CCCCC1. The van der Waals surface area contributed by atoms with E-state index in [9.17, 15) is 14.7 Å². The highest BCUT2D eigenvalue weighted by Gasteiger charge is 2.42. The first kappa shape index (κ1) is 19.1. The number of carboxylic acids is 1. The molecule has 1 aromatic heterocycles. The molecule has 0 bridgehead atoms. The van der Waals surface area contributed by atoms with Crippen molar-refractivity contribution in [2.45, 2.75) is 63.8 Å². The minimum Gasteiger partial charge on any atom is -0.479 e. The Morgan fingerprint density at radius 1 is 1.19 bits per heavy atom. The summed E-state index contributed by atoms with van der Waals surface area (Å²) in [5.74, 6) is -1.02. The van der Waals surface area contributed by atoms with E-state index >= 15 is 0 Å². The molecular weight excluding hydrogens is 342 g/mol. The third-order valence-corrected chi connectivity index (χ3v) is 5.74. The number of nitrogens with one attached hydrogen (secondary N) is 1. The molecule has 1 heterocycles. The van der Waals surface area contributed by atoms with Crippen LogP contribution in [0.2, 0.25) is 0 Å². The monoisotopic (exact) mass is 369 g/mol. The number of aliphatic carboxylic acids is 1. The van der Waals surface area contributed by atoms with Crippen molar-refractivity contribution >= 4 is 17.6 Å². The maximum Gasteiger partial charge on any atom is 0.331 e. The second kappa shape index (κ2) is 7.18. The van der Waals surface area contributed by atoms with E-state index in [-0.39, 0.29) is 5.91 Å². The lowest BCUT2D eigenvalue weighted by atomic mass is 9.67. The van der Waals surface area contributed by atoms with Crippen molar-refractivity contribution in [2.24, 2.45) is 0 Å². The molecule has 2 aromatic rings. The lowest BCUT2D eigenvalue weighted by molar-refractivity contribution is -0.146. The minimum absolute atomic E-state index is 0.0378. The number of carboxylic acid groups (broad SMARTS) is 1. The average molecular weight is 369 g/mol. The Balaban J connectivity index is 1.90. The van der Waals surface area contributed by atoms with Gasteiger partial charge in [0.2, 0.25) is 5.91 Å². The number of aryl methyl sites for hydroxylation is 1. The molecule has 0 radical (unpaired) electrons. The fourth-order valence-electron chi connectivity index (χ4n) is 3.93. The van der Waals surface area contributed by atoms with E-state index < -0.39 is 16.9 Å². The van der Waals surface area contributed by atoms with Crippen LogP contribution in [0, 0.1) is 6.92 Å². The number of anilines is 1. The molecule has 144 valence electrons. The van der Waals surface area contributed by atoms with Gasteiger partial charge >= 0.3 is 5.97 Å². The second-order valence-corrected chi connectivity index (χ2v) is 7.95. The van der Waals surface area contributed by atoms with Gasteiger partial charge in [-0.15, -0.1) is 0 Å². The Hall–Kier alpha value is -2.63. The van der Waals surface area contributed by atoms with Gasteiger partial charge in [0.25, 0.3) is 0 Å². The van der Waals surface area contributed by atoms with Crippen molar-refractivity contribution < 1.29 is 14.7 Å². The zero-order valence-corrected chi connectivity index (χ0v) is 16.2. The van der Waals surface area contributed by atoms with Gasteiger partial charge in [0.15, 0.2) is 5.54 Å². The van der Waals surface area contributed by atoms with E-state index in [4.69, 9.17) is 0 Å². The predicted molar refractivity (Wildman–Crippen MR) is 104 cm³/mol. The molecule has 0 aliphatic heterocycles. The summed E-state index contributed by atoms with van der Waals surface area (Å²) in [4.78, 5) is 24.8. The van der Waals surface area contributed by atoms with Crippen LogP contribution in [0.3, 0.4) is 0 Å². The summed E-state index contributed by atoms with van der Waals surface area (Å²) >= 11 is 0. The molecule has 1 aliphatic rings. The van der Waals surface area contributed by atoms with Crippen molar-refractivity contribution in [2.75, 3.05) is 5.32 Å². The zero-order valence-electron chi connectivity index (χ0n) is 16.2. The zero-order chi connectivity index (χ0) is 19.7. The number of hydrogen-bond donors (Lipinski definition) is 2. The third kappa shape index (κ3) is 3.48. The van der Waals surface area contributed by atoms with Crippen LogP contribution in [0.5, 0.6) is 0 Å². The maximum atomic E-state index is 13.4. The van der Waals surface area contributed by atoms with Gasteiger partial charge in [0, 0.05) is 6.20 Å². The number of carbonyl (C=O) groups excluding carboxylic acids is 1. The van der Waals surface area contributed by atoms with Crippen LogP contribution < -0.4 is 5.32 Å². The topological polar surface area (TPSA) is 84.2 Å². The van der Waals surface area contributed by atoms with Gasteiger partial charge in [-0.3, -0.25) is 9.48 Å². The number of benzene rings is 1. The maximum absolute atomic E-state index is 13.4. The highest BCUT2D eigenvalue weighted by molar-refractivity contribution is 5.99. The van der Waals surface area contributed by atoms with Gasteiger partial charge in [-0.25, -0.2) is 4.79 Å². The van der Waals surface area contributed by atoms with Gasteiger partial charge < -0.3 is 10.4 Å². The third-order valence-electron chi connectivity index (χ3n) is 5.74. The molecule has 1 amide bonds. The van der Waals surface area contributed by atoms with Crippen LogP contribution in [0.1, 0.15) is 57.1 Å². The Kier molecular flexibility index (Phi) is 5.09. The van der Waals surface area contributed by atoms with E-state index in [1.165, 1.54) is 10.9 Å². The first-order chi connectivity index (χ1) is 12.8. The van der Waals surface area contributed by atoms with Gasteiger partial charge in [-0.2, -0.15) is 5.10 Å². The fraction of sp³-hybridized carbons (Fsp3) is 0.476. The van der Waals surface area contributed by atoms with Crippen LogP contribution in [0.4, 0.5) is 5.69 Å². The number of aromatic nitrogens is 2. The molecule has 6 heteroatoms. The Morgan fingerprint density at radius 2 is 1.85 bits per heavy atom. The molecule has 0 unspecified atom stereocenters. The van der Waals surface area contributed by atoms with Crippen molar-refractivity contribution in [1.82, 2.24) is 9.78 Å². The van der Waals surface area contributed by atoms with E-state index in [1.807, 2.05) is 25.1 Å². The van der Waals surface area contributed by atoms with E-state index in [0.717, 1.165) is 43.2 Å². The molecule has 1 fully saturated rings. The molecule has 6 nitrogen and oxygen atoms in total. The number of carbonyl (C=O) groups is 2. The van der Waals surface area contributed by atoms with Gasteiger partial charge in [-0.1, -0.05) is 43.5 Å². The quantitative estimate of drug-likeness (QED) is 0.838. The van der Waals surface area contributed by atoms with Crippen LogP contribution in [-0.2, 0) is 20.5 Å². The number of rotatable bonds is 5. The molecule has 0 atom stereocenters. The lowest BCUT2D eigenvalue weighted by Gasteiger charge is -2.37. The van der Waals surface area contributed by atoms with Gasteiger partial charge in [0.05, 0.1) is 17.3 Å². The summed E-state index contributed by atoms with van der Waals surface area (Å²) in [6.45, 7) is 5.19. The lowest BCUT2D eigenvalue weighted by Crippen LogP contribution is -2.42. The normalized spacial score (nSPS) is 16.7. The largest absolute Gasteiger partial charge is 0.479 e. The molecule has 2 N–H and O–H groups in total. The first-order valence-electron chi connectivity index (χ1n) is 9.43. The van der Waals surface area contributed by atoms with Crippen molar-refractivity contribution in [1.29, 1.82) is 0 Å². The fourth-order valence-corrected chi connectivity index (χ4v) is 3.93. The second-order valence-electron chi connectivity index (χ2n) is 7.95. The number of hydrogen-bond acceptors (Lipinski definition) is 3. The molecule has 1 aromatic carbocycles. The molecule has 27 heavy (non-hydrogen) atoms. The summed E-state index contributed by atoms with van der Waals surface area (Å²) in [5, 5.41) is 16.5. The number of nitrogens with zero attached hydrogens (tertiary/aromatic N) is 2. The van der Waals surface area contributed by atoms with E-state index in [2.05, 4.69) is 16.5 Å². The van der Waals surface area contributed by atoms with Crippen LogP contribution in [-0.4, -0.2) is 26.8 Å². The smallest absolute Gasteiger partial charge is 0.331 e.